The number of anilines is 1. The normalized spacial score (nSPS) is 14.2. The molecule has 1 aliphatic heterocycles. The molecule has 0 spiro atoms. The summed E-state index contributed by atoms with van der Waals surface area (Å²) in [5, 5.41) is 6.18. The molecule has 0 saturated heterocycles. The largest absolute Gasteiger partial charge is 0.384 e. The molecule has 0 atom stereocenters. The van der Waals surface area contributed by atoms with E-state index in [1.807, 2.05) is 0 Å². The molecule has 0 amide bonds. The van der Waals surface area contributed by atoms with Gasteiger partial charge in [-0.3, -0.25) is 0 Å². The lowest BCUT2D eigenvalue weighted by Crippen LogP contribution is -1.91. The average molecular weight is 208 g/mol. The van der Waals surface area contributed by atoms with Crippen molar-refractivity contribution < 1.29 is 0 Å². The van der Waals surface area contributed by atoms with E-state index < -0.39 is 0 Å². The molecule has 0 saturated carbocycles. The Bertz CT molecular complexity index is 694. The Morgan fingerprint density at radius 3 is 2.88 bits per heavy atom. The fourth-order valence-electron chi connectivity index (χ4n) is 2.72. The summed E-state index contributed by atoms with van der Waals surface area (Å²) in [6, 6.07) is 12.9. The van der Waals surface area contributed by atoms with Crippen molar-refractivity contribution in [2.24, 2.45) is 0 Å². The molecule has 0 bridgehead atoms. The number of nitrogens with one attached hydrogen (secondary N) is 2. The second-order valence-electron chi connectivity index (χ2n) is 4.37. The van der Waals surface area contributed by atoms with E-state index in [0.717, 1.165) is 13.0 Å². The van der Waals surface area contributed by atoms with Crippen LogP contribution in [-0.4, -0.2) is 11.5 Å². The second-order valence-corrected chi connectivity index (χ2v) is 4.37. The molecule has 0 unspecified atom stereocenters. The third kappa shape index (κ3) is 0.915. The van der Waals surface area contributed by atoms with Gasteiger partial charge >= 0.3 is 0 Å². The zero-order valence-corrected chi connectivity index (χ0v) is 8.88. The number of rotatable bonds is 0. The zero-order valence-electron chi connectivity index (χ0n) is 8.88. The molecule has 0 fully saturated rings. The van der Waals surface area contributed by atoms with Gasteiger partial charge in [-0.05, 0) is 24.1 Å². The highest BCUT2D eigenvalue weighted by molar-refractivity contribution is 6.14. The molecule has 3 aromatic rings. The standard InChI is InChI=1S/C14H12N2/c1-2-4-11-10(3-1)13-12(16-11)6-5-9-7-8-15-14(9)13/h1-6,15-16H,7-8H2. The van der Waals surface area contributed by atoms with Crippen LogP contribution in [0.15, 0.2) is 36.4 Å². The summed E-state index contributed by atoms with van der Waals surface area (Å²) in [6.45, 7) is 1.06. The van der Waals surface area contributed by atoms with Crippen LogP contribution in [0.25, 0.3) is 21.8 Å². The van der Waals surface area contributed by atoms with Crippen LogP contribution in [0, 0.1) is 0 Å². The highest BCUT2D eigenvalue weighted by Crippen LogP contribution is 2.36. The first-order valence-corrected chi connectivity index (χ1v) is 5.70. The number of aromatic amines is 1. The SMILES string of the molecule is c1ccc2c(c1)[nH]c1ccc3c(c12)NCC3. The van der Waals surface area contributed by atoms with Gasteiger partial charge in [0.2, 0.25) is 0 Å². The van der Waals surface area contributed by atoms with Gasteiger partial charge in [0.15, 0.2) is 0 Å². The lowest BCUT2D eigenvalue weighted by molar-refractivity contribution is 1.11. The van der Waals surface area contributed by atoms with Gasteiger partial charge in [-0.25, -0.2) is 0 Å². The second kappa shape index (κ2) is 2.79. The minimum atomic E-state index is 1.06. The van der Waals surface area contributed by atoms with Gasteiger partial charge in [-0.1, -0.05) is 24.3 Å². The number of aromatic nitrogens is 1. The van der Waals surface area contributed by atoms with Gasteiger partial charge in [-0.2, -0.15) is 0 Å². The zero-order chi connectivity index (χ0) is 10.5. The minimum absolute atomic E-state index is 1.06. The molecule has 0 aliphatic carbocycles. The summed E-state index contributed by atoms with van der Waals surface area (Å²) in [7, 11) is 0. The van der Waals surface area contributed by atoms with Crippen LogP contribution in [0.5, 0.6) is 0 Å². The Kier molecular flexibility index (Phi) is 1.43. The van der Waals surface area contributed by atoms with Crippen LogP contribution in [0.1, 0.15) is 5.56 Å². The average Bonchev–Trinajstić information content (AvgIpc) is 2.91. The Morgan fingerprint density at radius 2 is 1.88 bits per heavy atom. The molecule has 2 heterocycles. The summed E-state index contributed by atoms with van der Waals surface area (Å²) in [4.78, 5) is 3.47. The van der Waals surface area contributed by atoms with Crippen LogP contribution in [-0.2, 0) is 6.42 Å². The lowest BCUT2D eigenvalue weighted by atomic mass is 10.1. The molecule has 2 nitrogen and oxygen atoms in total. The van der Waals surface area contributed by atoms with E-state index in [9.17, 15) is 0 Å². The third-order valence-corrected chi connectivity index (χ3v) is 3.45. The molecule has 2 N–H and O–H groups in total. The van der Waals surface area contributed by atoms with Crippen molar-refractivity contribution in [1.82, 2.24) is 4.98 Å². The van der Waals surface area contributed by atoms with Crippen LogP contribution in [0.4, 0.5) is 5.69 Å². The summed E-state index contributed by atoms with van der Waals surface area (Å²) >= 11 is 0. The lowest BCUT2D eigenvalue weighted by Gasteiger charge is -2.01. The molecule has 2 heteroatoms. The Morgan fingerprint density at radius 1 is 0.938 bits per heavy atom. The Balaban J connectivity index is 2.27. The van der Waals surface area contributed by atoms with Crippen molar-refractivity contribution in [3.63, 3.8) is 0 Å². The van der Waals surface area contributed by atoms with Gasteiger partial charge in [0.1, 0.15) is 0 Å². The van der Waals surface area contributed by atoms with Crippen LogP contribution >= 0.6 is 0 Å². The van der Waals surface area contributed by atoms with E-state index in [1.165, 1.54) is 33.1 Å². The predicted octanol–water partition coefficient (Wildman–Crippen LogP) is 3.29. The number of H-pyrrole nitrogens is 1. The van der Waals surface area contributed by atoms with Gasteiger partial charge in [0, 0.05) is 34.0 Å². The number of fused-ring (bicyclic) bond motifs is 5. The van der Waals surface area contributed by atoms with Crippen molar-refractivity contribution in [3.05, 3.63) is 42.0 Å². The van der Waals surface area contributed by atoms with Crippen molar-refractivity contribution in [2.75, 3.05) is 11.9 Å². The summed E-state index contributed by atoms with van der Waals surface area (Å²) in [5.41, 5.74) is 5.22. The quantitative estimate of drug-likeness (QED) is 0.583. The van der Waals surface area contributed by atoms with E-state index in [2.05, 4.69) is 46.7 Å². The molecule has 1 aliphatic rings. The molecule has 0 radical (unpaired) electrons. The maximum absolute atomic E-state index is 3.50. The van der Waals surface area contributed by atoms with Crippen molar-refractivity contribution >= 4 is 27.5 Å². The van der Waals surface area contributed by atoms with E-state index in [-0.39, 0.29) is 0 Å². The Labute approximate surface area is 93.3 Å². The summed E-state index contributed by atoms with van der Waals surface area (Å²) in [5.74, 6) is 0. The van der Waals surface area contributed by atoms with Crippen LogP contribution in [0.3, 0.4) is 0 Å². The van der Waals surface area contributed by atoms with Gasteiger partial charge in [0.05, 0.1) is 0 Å². The van der Waals surface area contributed by atoms with E-state index in [0.29, 0.717) is 0 Å². The van der Waals surface area contributed by atoms with Crippen LogP contribution < -0.4 is 5.32 Å². The fourth-order valence-corrected chi connectivity index (χ4v) is 2.72. The van der Waals surface area contributed by atoms with Gasteiger partial charge < -0.3 is 10.3 Å². The number of hydrogen-bond acceptors (Lipinski definition) is 1. The summed E-state index contributed by atoms with van der Waals surface area (Å²) < 4.78 is 0. The molecular formula is C14H12N2. The molecular weight excluding hydrogens is 196 g/mol. The molecule has 1 aromatic heterocycles. The van der Waals surface area contributed by atoms with E-state index >= 15 is 0 Å². The molecule has 4 rings (SSSR count). The molecule has 16 heavy (non-hydrogen) atoms. The summed E-state index contributed by atoms with van der Waals surface area (Å²) in [6.07, 6.45) is 1.14. The van der Waals surface area contributed by atoms with Crippen LogP contribution in [0.2, 0.25) is 0 Å². The van der Waals surface area contributed by atoms with E-state index in [4.69, 9.17) is 0 Å². The Hall–Kier alpha value is -1.96. The van der Waals surface area contributed by atoms with Crippen molar-refractivity contribution in [1.29, 1.82) is 0 Å². The van der Waals surface area contributed by atoms with E-state index in [1.54, 1.807) is 0 Å². The first kappa shape index (κ1) is 8.22. The minimum Gasteiger partial charge on any atom is -0.384 e. The highest BCUT2D eigenvalue weighted by Gasteiger charge is 2.15. The predicted molar refractivity (Wildman–Crippen MR) is 68.0 cm³/mol. The van der Waals surface area contributed by atoms with Gasteiger partial charge in [0.25, 0.3) is 0 Å². The first-order valence-electron chi connectivity index (χ1n) is 5.70. The highest BCUT2D eigenvalue weighted by atomic mass is 14.9. The number of para-hydroxylation sites is 1. The monoisotopic (exact) mass is 208 g/mol. The smallest absolute Gasteiger partial charge is 0.0486 e. The third-order valence-electron chi connectivity index (χ3n) is 3.45. The van der Waals surface area contributed by atoms with Crippen molar-refractivity contribution in [2.45, 2.75) is 6.42 Å². The first-order chi connectivity index (χ1) is 7.93. The maximum atomic E-state index is 3.50. The van der Waals surface area contributed by atoms with Gasteiger partial charge in [-0.15, -0.1) is 0 Å². The van der Waals surface area contributed by atoms with Crippen molar-refractivity contribution in [3.8, 4) is 0 Å². The topological polar surface area (TPSA) is 27.8 Å². The molecule has 2 aromatic carbocycles. The maximum Gasteiger partial charge on any atom is 0.0486 e. The number of hydrogen-bond donors (Lipinski definition) is 2. The number of benzene rings is 2. The molecule has 78 valence electrons. The fraction of sp³-hybridized carbons (Fsp3) is 0.143.